The number of nitrogens with zero attached hydrogens (tertiary/aromatic N) is 2. The van der Waals surface area contributed by atoms with E-state index in [2.05, 4.69) is 14.9 Å². The van der Waals surface area contributed by atoms with E-state index < -0.39 is 34.0 Å². The summed E-state index contributed by atoms with van der Waals surface area (Å²) in [5, 5.41) is 10.4. The molecule has 0 saturated carbocycles. The van der Waals surface area contributed by atoms with Crippen LogP contribution in [0.4, 0.5) is 24.5 Å². The Morgan fingerprint density at radius 2 is 1.68 bits per heavy atom. The molecule has 12 nitrogen and oxygen atoms in total. The van der Waals surface area contributed by atoms with E-state index in [0.29, 0.717) is 24.5 Å². The van der Waals surface area contributed by atoms with Gasteiger partial charge in [0.05, 0.1) is 30.0 Å². The van der Waals surface area contributed by atoms with E-state index >= 15 is 0 Å². The Balaban J connectivity index is 0.000000745. The quantitative estimate of drug-likeness (QED) is 0.363. The molecule has 1 amide bonds. The molecule has 3 N–H and O–H groups in total. The van der Waals surface area contributed by atoms with Gasteiger partial charge in [-0.15, -0.1) is 0 Å². The molecule has 0 aliphatic carbocycles. The third-order valence-corrected chi connectivity index (χ3v) is 6.96. The van der Waals surface area contributed by atoms with Crippen LogP contribution in [0.1, 0.15) is 17.3 Å². The average molecular weight is 605 g/mol. The lowest BCUT2D eigenvalue weighted by atomic mass is 10.1. The number of methoxy groups -OCH3 is 1. The third-order valence-electron chi connectivity index (χ3n) is 5.58. The monoisotopic (exact) mass is 604 g/mol. The van der Waals surface area contributed by atoms with Crippen molar-refractivity contribution in [2.75, 3.05) is 63.1 Å². The molecule has 0 atom stereocenters. The van der Waals surface area contributed by atoms with E-state index in [9.17, 15) is 31.2 Å². The standard InChI is InChI=1S/C23H30N4O6S.C2HF3O2/c1-4-33-22(28)16-26(2)23(29)17-5-10-21(27-13-11-24-12-14-27)20(15-17)25-34(30,31)19-8-6-18(32-3)7-9-19;3-2(4,5)1(6)7/h5-10,15,24-25H,4,11-14,16H2,1-3H3;(H,6,7). The normalized spacial score (nSPS) is 13.4. The number of rotatable bonds is 9. The van der Waals surface area contributed by atoms with Crippen molar-refractivity contribution in [1.29, 1.82) is 0 Å². The van der Waals surface area contributed by atoms with Gasteiger partial charge in [0.15, 0.2) is 0 Å². The molecule has 1 saturated heterocycles. The van der Waals surface area contributed by atoms with Crippen molar-refractivity contribution >= 4 is 39.2 Å². The van der Waals surface area contributed by atoms with Gasteiger partial charge in [0, 0.05) is 38.8 Å². The highest BCUT2D eigenvalue weighted by Crippen LogP contribution is 2.30. The Bertz CT molecular complexity index is 1320. The van der Waals surface area contributed by atoms with Gasteiger partial charge in [-0.2, -0.15) is 13.2 Å². The fraction of sp³-hybridized carbons (Fsp3) is 0.400. The van der Waals surface area contributed by atoms with E-state index in [1.165, 1.54) is 37.3 Å². The Hall–Kier alpha value is -4.05. The topological polar surface area (TPSA) is 155 Å². The smallest absolute Gasteiger partial charge is 0.490 e. The number of halogens is 3. The van der Waals surface area contributed by atoms with E-state index in [0.717, 1.165) is 13.1 Å². The summed E-state index contributed by atoms with van der Waals surface area (Å²) in [6, 6.07) is 10.9. The van der Waals surface area contributed by atoms with Crippen molar-refractivity contribution in [1.82, 2.24) is 10.2 Å². The van der Waals surface area contributed by atoms with E-state index in [1.807, 2.05) is 0 Å². The zero-order chi connectivity index (χ0) is 30.8. The number of likely N-dealkylation sites (N-methyl/N-ethyl adjacent to an activating group) is 1. The van der Waals surface area contributed by atoms with Gasteiger partial charge in [0.1, 0.15) is 12.3 Å². The minimum Gasteiger partial charge on any atom is -0.497 e. The molecule has 0 radical (unpaired) electrons. The van der Waals surface area contributed by atoms with Gasteiger partial charge in [-0.05, 0) is 49.4 Å². The number of carboxylic acids is 1. The highest BCUT2D eigenvalue weighted by atomic mass is 32.2. The van der Waals surface area contributed by atoms with E-state index in [4.69, 9.17) is 19.4 Å². The van der Waals surface area contributed by atoms with Gasteiger partial charge in [-0.25, -0.2) is 13.2 Å². The van der Waals surface area contributed by atoms with Gasteiger partial charge < -0.3 is 29.7 Å². The number of anilines is 2. The van der Waals surface area contributed by atoms with Crippen molar-refractivity contribution < 1.29 is 50.6 Å². The molecule has 1 aliphatic heterocycles. The second-order valence-electron chi connectivity index (χ2n) is 8.52. The van der Waals surface area contributed by atoms with Crippen molar-refractivity contribution in [3.8, 4) is 5.75 Å². The maximum atomic E-state index is 13.1. The maximum Gasteiger partial charge on any atom is 0.490 e. The Morgan fingerprint density at radius 1 is 1.10 bits per heavy atom. The molecular weight excluding hydrogens is 573 g/mol. The third kappa shape index (κ3) is 9.82. The molecule has 226 valence electrons. The largest absolute Gasteiger partial charge is 0.497 e. The van der Waals surface area contributed by atoms with Crippen LogP contribution in [0.15, 0.2) is 47.4 Å². The molecule has 3 rings (SSSR count). The Kier molecular flexibility index (Phi) is 11.8. The van der Waals surface area contributed by atoms with Gasteiger partial charge >= 0.3 is 18.1 Å². The SMILES string of the molecule is CCOC(=O)CN(C)C(=O)c1ccc(N2CCNCC2)c(NS(=O)(=O)c2ccc(OC)cc2)c1.O=C(O)C(F)(F)F. The van der Waals surface area contributed by atoms with Crippen molar-refractivity contribution in [3.05, 3.63) is 48.0 Å². The first-order valence-electron chi connectivity index (χ1n) is 12.2. The van der Waals surface area contributed by atoms with Gasteiger partial charge in [0.2, 0.25) is 0 Å². The summed E-state index contributed by atoms with van der Waals surface area (Å²) in [4.78, 5) is 37.0. The Labute approximate surface area is 235 Å². The first kappa shape index (κ1) is 33.2. The van der Waals surface area contributed by atoms with Crippen LogP contribution < -0.4 is 19.7 Å². The average Bonchev–Trinajstić information content (AvgIpc) is 2.92. The second-order valence-corrected chi connectivity index (χ2v) is 10.2. The fourth-order valence-electron chi connectivity index (χ4n) is 3.58. The summed E-state index contributed by atoms with van der Waals surface area (Å²) in [6.45, 7) is 4.59. The highest BCUT2D eigenvalue weighted by molar-refractivity contribution is 7.92. The molecule has 0 unspecified atom stereocenters. The minimum atomic E-state index is -5.08. The van der Waals surface area contributed by atoms with Crippen molar-refractivity contribution in [2.24, 2.45) is 0 Å². The molecule has 2 aromatic rings. The maximum absolute atomic E-state index is 13.1. The number of carboxylic acid groups (broad SMARTS) is 1. The molecule has 1 heterocycles. The molecule has 16 heteroatoms. The first-order chi connectivity index (χ1) is 19.2. The van der Waals surface area contributed by atoms with Crippen molar-refractivity contribution in [3.63, 3.8) is 0 Å². The summed E-state index contributed by atoms with van der Waals surface area (Å²) in [5.41, 5.74) is 1.20. The van der Waals surface area contributed by atoms with Crippen LogP contribution in [0.2, 0.25) is 0 Å². The molecule has 0 bridgehead atoms. The van der Waals surface area contributed by atoms with Crippen LogP contribution in [-0.4, -0.2) is 95.9 Å². The minimum absolute atomic E-state index is 0.0655. The number of hydrogen-bond donors (Lipinski definition) is 3. The lowest BCUT2D eigenvalue weighted by Crippen LogP contribution is -2.43. The number of nitrogens with one attached hydrogen (secondary N) is 2. The number of esters is 1. The summed E-state index contributed by atoms with van der Waals surface area (Å²) in [6.07, 6.45) is -5.08. The van der Waals surface area contributed by atoms with Crippen LogP contribution in [0, 0.1) is 0 Å². The molecule has 2 aromatic carbocycles. The van der Waals surface area contributed by atoms with Crippen LogP contribution in [0.3, 0.4) is 0 Å². The number of amides is 1. The predicted octanol–water partition coefficient (Wildman–Crippen LogP) is 2.17. The number of carbonyl (C=O) groups excluding carboxylic acids is 2. The molecular formula is C25H31F3N4O8S. The summed E-state index contributed by atoms with van der Waals surface area (Å²) >= 11 is 0. The predicted molar refractivity (Wildman–Crippen MR) is 143 cm³/mol. The second kappa shape index (κ2) is 14.5. The van der Waals surface area contributed by atoms with Crippen LogP contribution in [0.25, 0.3) is 0 Å². The molecule has 41 heavy (non-hydrogen) atoms. The Morgan fingerprint density at radius 3 is 2.20 bits per heavy atom. The number of aliphatic carboxylic acids is 1. The molecule has 1 fully saturated rings. The zero-order valence-electron chi connectivity index (χ0n) is 22.5. The molecule has 0 aromatic heterocycles. The van der Waals surface area contributed by atoms with Crippen LogP contribution >= 0.6 is 0 Å². The lowest BCUT2D eigenvalue weighted by Gasteiger charge is -2.31. The van der Waals surface area contributed by atoms with E-state index in [-0.39, 0.29) is 29.3 Å². The fourth-order valence-corrected chi connectivity index (χ4v) is 4.65. The number of ether oxygens (including phenoxy) is 2. The van der Waals surface area contributed by atoms with Gasteiger partial charge in [0.25, 0.3) is 15.9 Å². The summed E-state index contributed by atoms with van der Waals surface area (Å²) in [7, 11) is -0.942. The molecule has 0 spiro atoms. The number of hydrogen-bond acceptors (Lipinski definition) is 9. The van der Waals surface area contributed by atoms with Gasteiger partial charge in [-0.3, -0.25) is 14.3 Å². The first-order valence-corrected chi connectivity index (χ1v) is 13.7. The number of benzene rings is 2. The number of sulfonamides is 1. The van der Waals surface area contributed by atoms with Gasteiger partial charge in [-0.1, -0.05) is 0 Å². The summed E-state index contributed by atoms with van der Waals surface area (Å²) < 4.78 is 70.6. The number of alkyl halides is 3. The zero-order valence-corrected chi connectivity index (χ0v) is 23.3. The highest BCUT2D eigenvalue weighted by Gasteiger charge is 2.38. The number of piperazine rings is 1. The van der Waals surface area contributed by atoms with E-state index in [1.54, 1.807) is 31.2 Å². The van der Waals surface area contributed by atoms with Crippen LogP contribution in [-0.2, 0) is 24.3 Å². The number of carbonyl (C=O) groups is 3. The molecule has 1 aliphatic rings. The van der Waals surface area contributed by atoms with Crippen LogP contribution in [0.5, 0.6) is 5.75 Å². The summed E-state index contributed by atoms with van der Waals surface area (Å²) in [5.74, 6) is -3.16. The lowest BCUT2D eigenvalue weighted by molar-refractivity contribution is -0.192. The van der Waals surface area contributed by atoms with Crippen molar-refractivity contribution in [2.45, 2.75) is 18.0 Å².